The number of allylic oxidation sites excluding steroid dienone is 1. The third-order valence-electron chi connectivity index (χ3n) is 3.08. The van der Waals surface area contributed by atoms with Gasteiger partial charge < -0.3 is 5.11 Å². The minimum Gasteiger partial charge on any atom is -0.392 e. The van der Waals surface area contributed by atoms with Crippen molar-refractivity contribution in [1.82, 2.24) is 4.98 Å². The van der Waals surface area contributed by atoms with Gasteiger partial charge >= 0.3 is 0 Å². The second kappa shape index (κ2) is 5.80. The molecule has 16 heavy (non-hydrogen) atoms. The van der Waals surface area contributed by atoms with E-state index in [1.54, 1.807) is 6.20 Å². The summed E-state index contributed by atoms with van der Waals surface area (Å²) in [6, 6.07) is 3.94. The number of hydrogen-bond donors (Lipinski definition) is 1. The van der Waals surface area contributed by atoms with Crippen molar-refractivity contribution < 1.29 is 5.11 Å². The highest BCUT2D eigenvalue weighted by atomic mass is 16.3. The van der Waals surface area contributed by atoms with Crippen LogP contribution < -0.4 is 0 Å². The maximum Gasteiger partial charge on any atom is 0.0618 e. The van der Waals surface area contributed by atoms with Crippen LogP contribution in [-0.2, 0) is 6.42 Å². The molecule has 1 atom stereocenters. The van der Waals surface area contributed by atoms with Gasteiger partial charge in [-0.2, -0.15) is 0 Å². The van der Waals surface area contributed by atoms with E-state index in [4.69, 9.17) is 0 Å². The standard InChI is InChI=1S/C14H19NO/c16-14(9-12-5-2-1-3-6-12)10-13-7-4-8-15-11-13/h4-5,7-8,11,14,16H,1-3,6,9-10H2. The van der Waals surface area contributed by atoms with Gasteiger partial charge in [0.05, 0.1) is 6.10 Å². The van der Waals surface area contributed by atoms with Crippen molar-refractivity contribution in [3.8, 4) is 0 Å². The number of pyridine rings is 1. The topological polar surface area (TPSA) is 33.1 Å². The summed E-state index contributed by atoms with van der Waals surface area (Å²) in [6.07, 6.45) is 12.1. The second-order valence-corrected chi connectivity index (χ2v) is 4.53. The first kappa shape index (κ1) is 11.3. The maximum atomic E-state index is 9.99. The van der Waals surface area contributed by atoms with Crippen LogP contribution in [0.5, 0.6) is 0 Å². The predicted octanol–water partition coefficient (Wildman–Crippen LogP) is 2.88. The van der Waals surface area contributed by atoms with Crippen molar-refractivity contribution >= 4 is 0 Å². The molecule has 2 heteroatoms. The molecule has 2 rings (SSSR count). The zero-order valence-corrected chi connectivity index (χ0v) is 9.60. The van der Waals surface area contributed by atoms with Crippen LogP contribution in [0.2, 0.25) is 0 Å². The van der Waals surface area contributed by atoms with Crippen LogP contribution in [0.4, 0.5) is 0 Å². The summed E-state index contributed by atoms with van der Waals surface area (Å²) >= 11 is 0. The number of nitrogens with zero attached hydrogens (tertiary/aromatic N) is 1. The van der Waals surface area contributed by atoms with E-state index in [-0.39, 0.29) is 6.10 Å². The summed E-state index contributed by atoms with van der Waals surface area (Å²) in [5.74, 6) is 0. The molecule has 0 bridgehead atoms. The third-order valence-corrected chi connectivity index (χ3v) is 3.08. The molecule has 0 saturated carbocycles. The average Bonchev–Trinajstić information content (AvgIpc) is 2.31. The molecule has 0 saturated heterocycles. The molecule has 1 unspecified atom stereocenters. The lowest BCUT2D eigenvalue weighted by Crippen LogP contribution is -2.12. The van der Waals surface area contributed by atoms with E-state index < -0.39 is 0 Å². The Morgan fingerprint density at radius 3 is 2.94 bits per heavy atom. The normalized spacial score (nSPS) is 17.9. The van der Waals surface area contributed by atoms with Crippen molar-refractivity contribution in [2.45, 2.75) is 44.6 Å². The van der Waals surface area contributed by atoms with E-state index in [9.17, 15) is 5.11 Å². The lowest BCUT2D eigenvalue weighted by atomic mass is 9.93. The van der Waals surface area contributed by atoms with E-state index in [0.717, 1.165) is 12.0 Å². The molecule has 1 aliphatic rings. The van der Waals surface area contributed by atoms with Gasteiger partial charge in [0.25, 0.3) is 0 Å². The fraction of sp³-hybridized carbons (Fsp3) is 0.500. The Balaban J connectivity index is 1.84. The van der Waals surface area contributed by atoms with Crippen LogP contribution in [-0.4, -0.2) is 16.2 Å². The lowest BCUT2D eigenvalue weighted by Gasteiger charge is -2.16. The van der Waals surface area contributed by atoms with E-state index in [1.807, 2.05) is 18.3 Å². The summed E-state index contributed by atoms with van der Waals surface area (Å²) in [4.78, 5) is 4.06. The summed E-state index contributed by atoms with van der Waals surface area (Å²) < 4.78 is 0. The van der Waals surface area contributed by atoms with Crippen molar-refractivity contribution in [2.24, 2.45) is 0 Å². The Morgan fingerprint density at radius 1 is 1.31 bits per heavy atom. The molecule has 0 aromatic carbocycles. The number of aromatic nitrogens is 1. The molecule has 0 amide bonds. The van der Waals surface area contributed by atoms with Gasteiger partial charge in [0.15, 0.2) is 0 Å². The Bertz CT molecular complexity index is 345. The van der Waals surface area contributed by atoms with Crippen LogP contribution in [0.3, 0.4) is 0 Å². The molecule has 86 valence electrons. The molecule has 1 aliphatic carbocycles. The lowest BCUT2D eigenvalue weighted by molar-refractivity contribution is 0.173. The maximum absolute atomic E-state index is 9.99. The molecule has 0 spiro atoms. The van der Waals surface area contributed by atoms with E-state index in [2.05, 4.69) is 11.1 Å². The third kappa shape index (κ3) is 3.46. The molecular weight excluding hydrogens is 198 g/mol. The Labute approximate surface area is 97.0 Å². The molecule has 0 fully saturated rings. The van der Waals surface area contributed by atoms with Crippen molar-refractivity contribution in [3.63, 3.8) is 0 Å². The highest BCUT2D eigenvalue weighted by Gasteiger charge is 2.10. The summed E-state index contributed by atoms with van der Waals surface area (Å²) in [7, 11) is 0. The zero-order chi connectivity index (χ0) is 11.2. The zero-order valence-electron chi connectivity index (χ0n) is 9.60. The van der Waals surface area contributed by atoms with Gasteiger partial charge in [-0.25, -0.2) is 0 Å². The minimum atomic E-state index is -0.256. The molecule has 0 radical (unpaired) electrons. The summed E-state index contributed by atoms with van der Waals surface area (Å²) in [5.41, 5.74) is 2.55. The summed E-state index contributed by atoms with van der Waals surface area (Å²) in [5, 5.41) is 9.99. The van der Waals surface area contributed by atoms with Crippen LogP contribution in [0.1, 0.15) is 37.7 Å². The highest BCUT2D eigenvalue weighted by molar-refractivity contribution is 5.12. The number of rotatable bonds is 4. The smallest absolute Gasteiger partial charge is 0.0618 e. The number of aliphatic hydroxyl groups is 1. The fourth-order valence-corrected chi connectivity index (χ4v) is 2.26. The van der Waals surface area contributed by atoms with Crippen molar-refractivity contribution in [3.05, 3.63) is 41.7 Å². The molecule has 1 N–H and O–H groups in total. The van der Waals surface area contributed by atoms with Crippen LogP contribution in [0.25, 0.3) is 0 Å². The van der Waals surface area contributed by atoms with E-state index >= 15 is 0 Å². The monoisotopic (exact) mass is 217 g/mol. The first-order valence-corrected chi connectivity index (χ1v) is 6.09. The van der Waals surface area contributed by atoms with Crippen LogP contribution in [0.15, 0.2) is 36.2 Å². The Morgan fingerprint density at radius 2 is 2.25 bits per heavy atom. The summed E-state index contributed by atoms with van der Waals surface area (Å²) in [6.45, 7) is 0. The first-order valence-electron chi connectivity index (χ1n) is 6.09. The van der Waals surface area contributed by atoms with Crippen molar-refractivity contribution in [2.75, 3.05) is 0 Å². The molecular formula is C14H19NO. The van der Waals surface area contributed by atoms with Crippen LogP contribution >= 0.6 is 0 Å². The molecule has 2 nitrogen and oxygen atoms in total. The quantitative estimate of drug-likeness (QED) is 0.787. The molecule has 1 aromatic rings. The van der Waals surface area contributed by atoms with Crippen LogP contribution in [0, 0.1) is 0 Å². The second-order valence-electron chi connectivity index (χ2n) is 4.53. The van der Waals surface area contributed by atoms with Gasteiger partial charge in [0.2, 0.25) is 0 Å². The highest BCUT2D eigenvalue weighted by Crippen LogP contribution is 2.22. The fourth-order valence-electron chi connectivity index (χ4n) is 2.26. The Kier molecular flexibility index (Phi) is 4.11. The molecule has 1 aromatic heterocycles. The van der Waals surface area contributed by atoms with E-state index in [0.29, 0.717) is 6.42 Å². The van der Waals surface area contributed by atoms with Gasteiger partial charge in [-0.3, -0.25) is 4.98 Å². The largest absolute Gasteiger partial charge is 0.392 e. The van der Waals surface area contributed by atoms with Gasteiger partial charge in [-0.15, -0.1) is 0 Å². The van der Waals surface area contributed by atoms with Gasteiger partial charge in [0.1, 0.15) is 0 Å². The van der Waals surface area contributed by atoms with Gasteiger partial charge in [-0.05, 0) is 43.7 Å². The van der Waals surface area contributed by atoms with E-state index in [1.165, 1.54) is 31.3 Å². The number of hydrogen-bond acceptors (Lipinski definition) is 2. The number of aliphatic hydroxyl groups excluding tert-OH is 1. The predicted molar refractivity (Wildman–Crippen MR) is 65.1 cm³/mol. The van der Waals surface area contributed by atoms with Gasteiger partial charge in [-0.1, -0.05) is 17.7 Å². The average molecular weight is 217 g/mol. The van der Waals surface area contributed by atoms with Crippen molar-refractivity contribution in [1.29, 1.82) is 0 Å². The molecule has 1 heterocycles. The van der Waals surface area contributed by atoms with Gasteiger partial charge in [0, 0.05) is 18.8 Å². The SMILES string of the molecule is OC(CC1=CCCCC1)Cc1cccnc1. The Hall–Kier alpha value is -1.15. The molecule has 0 aliphatic heterocycles. The minimum absolute atomic E-state index is 0.256. The first-order chi connectivity index (χ1) is 7.84.